The van der Waals surface area contributed by atoms with Crippen molar-refractivity contribution in [2.75, 3.05) is 39.8 Å². The van der Waals surface area contributed by atoms with Gasteiger partial charge in [0.2, 0.25) is 0 Å². The number of methoxy groups -OCH3 is 2. The average molecular weight is 334 g/mol. The van der Waals surface area contributed by atoms with Gasteiger partial charge in [0.25, 0.3) is 0 Å². The second-order valence-electron chi connectivity index (χ2n) is 4.89. The number of nitrogens with zero attached hydrogens (tertiary/aromatic N) is 2. The first-order valence-corrected chi connectivity index (χ1v) is 8.39. The maximum absolute atomic E-state index is 5.81. The van der Waals surface area contributed by atoms with Crippen LogP contribution in [-0.4, -0.2) is 49.8 Å². The molecule has 0 unspecified atom stereocenters. The summed E-state index contributed by atoms with van der Waals surface area (Å²) in [5, 5.41) is 0. The van der Waals surface area contributed by atoms with Gasteiger partial charge in [-0.2, -0.15) is 0 Å². The van der Waals surface area contributed by atoms with Crippen molar-refractivity contribution in [3.63, 3.8) is 0 Å². The standard InChI is InChI=1S/C17H22N2O3S/c1-13-10-14(15-4-5-18-12-19-15)17(23-9-8-21-3)11-16(13)22-7-6-20-2/h4-5,10-12H,6-9H2,1-3H3. The summed E-state index contributed by atoms with van der Waals surface area (Å²) in [5.41, 5.74) is 3.07. The van der Waals surface area contributed by atoms with Gasteiger partial charge in [-0.05, 0) is 30.7 Å². The van der Waals surface area contributed by atoms with Crippen molar-refractivity contribution >= 4 is 11.8 Å². The number of ether oxygens (including phenoxy) is 3. The first-order chi connectivity index (χ1) is 11.3. The van der Waals surface area contributed by atoms with E-state index in [0.29, 0.717) is 19.8 Å². The molecule has 0 fully saturated rings. The van der Waals surface area contributed by atoms with Gasteiger partial charge in [0, 0.05) is 36.6 Å². The van der Waals surface area contributed by atoms with Crippen LogP contribution in [0.15, 0.2) is 35.6 Å². The Kier molecular flexibility index (Phi) is 7.32. The van der Waals surface area contributed by atoms with E-state index in [2.05, 4.69) is 22.1 Å². The van der Waals surface area contributed by atoms with Crippen LogP contribution in [0.3, 0.4) is 0 Å². The second kappa shape index (κ2) is 9.50. The minimum absolute atomic E-state index is 0.534. The van der Waals surface area contributed by atoms with Crippen molar-refractivity contribution in [1.29, 1.82) is 0 Å². The molecule has 23 heavy (non-hydrogen) atoms. The summed E-state index contributed by atoms with van der Waals surface area (Å²) in [7, 11) is 3.38. The maximum Gasteiger partial charge on any atom is 0.123 e. The Morgan fingerprint density at radius 2 is 1.91 bits per heavy atom. The largest absolute Gasteiger partial charge is 0.491 e. The smallest absolute Gasteiger partial charge is 0.123 e. The number of aromatic nitrogens is 2. The van der Waals surface area contributed by atoms with Crippen LogP contribution in [0.25, 0.3) is 11.3 Å². The molecule has 0 saturated heterocycles. The van der Waals surface area contributed by atoms with E-state index in [1.807, 2.05) is 13.0 Å². The summed E-state index contributed by atoms with van der Waals surface area (Å²) in [5.74, 6) is 1.74. The predicted molar refractivity (Wildman–Crippen MR) is 92.2 cm³/mol. The molecule has 0 atom stereocenters. The van der Waals surface area contributed by atoms with Gasteiger partial charge in [-0.1, -0.05) is 0 Å². The molecule has 0 amide bonds. The van der Waals surface area contributed by atoms with Crippen molar-refractivity contribution in [3.05, 3.63) is 36.3 Å². The minimum Gasteiger partial charge on any atom is -0.491 e. The highest BCUT2D eigenvalue weighted by Gasteiger charge is 2.12. The normalized spacial score (nSPS) is 10.7. The van der Waals surface area contributed by atoms with Crippen LogP contribution < -0.4 is 4.74 Å². The third-order valence-corrected chi connectivity index (χ3v) is 4.24. The summed E-state index contributed by atoms with van der Waals surface area (Å²) in [6.45, 7) is 3.84. The van der Waals surface area contributed by atoms with E-state index in [1.165, 1.54) is 0 Å². The number of rotatable bonds is 9. The van der Waals surface area contributed by atoms with E-state index in [9.17, 15) is 0 Å². The lowest BCUT2D eigenvalue weighted by Gasteiger charge is -2.15. The molecule has 2 rings (SSSR count). The number of aryl methyl sites for hydroxylation is 1. The molecule has 6 heteroatoms. The van der Waals surface area contributed by atoms with Crippen LogP contribution in [-0.2, 0) is 9.47 Å². The first-order valence-electron chi connectivity index (χ1n) is 7.40. The molecule has 0 spiro atoms. The highest BCUT2D eigenvalue weighted by molar-refractivity contribution is 7.99. The Labute approximate surface area is 141 Å². The van der Waals surface area contributed by atoms with Gasteiger partial charge in [-0.25, -0.2) is 9.97 Å². The first kappa shape index (κ1) is 17.7. The molecule has 0 radical (unpaired) electrons. The van der Waals surface area contributed by atoms with Gasteiger partial charge in [-0.3, -0.25) is 0 Å². The topological polar surface area (TPSA) is 53.5 Å². The van der Waals surface area contributed by atoms with Crippen LogP contribution in [0.4, 0.5) is 0 Å². The number of benzene rings is 1. The minimum atomic E-state index is 0.534. The zero-order chi connectivity index (χ0) is 16.5. The van der Waals surface area contributed by atoms with Crippen LogP contribution in [0.5, 0.6) is 5.75 Å². The molecule has 1 heterocycles. The Morgan fingerprint density at radius 1 is 1.09 bits per heavy atom. The Balaban J connectivity index is 2.30. The van der Waals surface area contributed by atoms with Gasteiger partial charge in [0.05, 0.1) is 18.9 Å². The summed E-state index contributed by atoms with van der Waals surface area (Å²) in [4.78, 5) is 9.48. The van der Waals surface area contributed by atoms with Crippen molar-refractivity contribution in [1.82, 2.24) is 9.97 Å². The molecule has 0 aliphatic carbocycles. The molecule has 0 bridgehead atoms. The summed E-state index contributed by atoms with van der Waals surface area (Å²) < 4.78 is 16.0. The Morgan fingerprint density at radius 3 is 2.61 bits per heavy atom. The molecule has 2 aromatic rings. The van der Waals surface area contributed by atoms with Crippen molar-refractivity contribution in [2.45, 2.75) is 11.8 Å². The fourth-order valence-electron chi connectivity index (χ4n) is 2.06. The predicted octanol–water partition coefficient (Wildman–Crippen LogP) is 3.22. The lowest BCUT2D eigenvalue weighted by molar-refractivity contribution is 0.146. The fraction of sp³-hybridized carbons (Fsp3) is 0.412. The molecule has 5 nitrogen and oxygen atoms in total. The van der Waals surface area contributed by atoms with E-state index in [4.69, 9.17) is 14.2 Å². The van der Waals surface area contributed by atoms with Gasteiger partial charge in [0.15, 0.2) is 0 Å². The van der Waals surface area contributed by atoms with Crippen molar-refractivity contribution in [2.24, 2.45) is 0 Å². The lowest BCUT2D eigenvalue weighted by Crippen LogP contribution is -2.05. The van der Waals surface area contributed by atoms with Crippen LogP contribution in [0.2, 0.25) is 0 Å². The molecule has 124 valence electrons. The second-order valence-corrected chi connectivity index (χ2v) is 6.03. The molecular weight excluding hydrogens is 312 g/mol. The molecule has 0 N–H and O–H groups in total. The zero-order valence-corrected chi connectivity index (χ0v) is 14.6. The Hall–Kier alpha value is -1.63. The summed E-state index contributed by atoms with van der Waals surface area (Å²) >= 11 is 1.73. The molecule has 1 aromatic heterocycles. The monoisotopic (exact) mass is 334 g/mol. The van der Waals surface area contributed by atoms with E-state index in [-0.39, 0.29) is 0 Å². The quantitative estimate of drug-likeness (QED) is 0.518. The van der Waals surface area contributed by atoms with Crippen molar-refractivity contribution in [3.8, 4) is 17.0 Å². The van der Waals surface area contributed by atoms with E-state index >= 15 is 0 Å². The van der Waals surface area contributed by atoms with Crippen LogP contribution in [0, 0.1) is 6.92 Å². The molecule has 0 saturated carbocycles. The van der Waals surface area contributed by atoms with Crippen LogP contribution >= 0.6 is 11.8 Å². The fourth-order valence-corrected chi connectivity index (χ4v) is 3.04. The van der Waals surface area contributed by atoms with Gasteiger partial charge < -0.3 is 14.2 Å². The molecule has 0 aliphatic rings. The Bertz CT molecular complexity index is 608. The van der Waals surface area contributed by atoms with Gasteiger partial charge >= 0.3 is 0 Å². The van der Waals surface area contributed by atoms with E-state index < -0.39 is 0 Å². The van der Waals surface area contributed by atoms with Gasteiger partial charge in [0.1, 0.15) is 18.7 Å². The molecule has 1 aromatic carbocycles. The SMILES string of the molecule is COCCOc1cc(SCCOC)c(-c2ccncn2)cc1C. The van der Waals surface area contributed by atoms with Crippen molar-refractivity contribution < 1.29 is 14.2 Å². The van der Waals surface area contributed by atoms with Crippen LogP contribution in [0.1, 0.15) is 5.56 Å². The summed E-state index contributed by atoms with van der Waals surface area (Å²) in [6.07, 6.45) is 3.32. The maximum atomic E-state index is 5.81. The highest BCUT2D eigenvalue weighted by Crippen LogP contribution is 2.35. The third-order valence-electron chi connectivity index (χ3n) is 3.23. The van der Waals surface area contributed by atoms with E-state index in [1.54, 1.807) is 38.5 Å². The average Bonchev–Trinajstić information content (AvgIpc) is 2.58. The molecular formula is C17H22N2O3S. The van der Waals surface area contributed by atoms with E-state index in [0.717, 1.165) is 33.2 Å². The number of hydrogen-bond acceptors (Lipinski definition) is 6. The lowest BCUT2D eigenvalue weighted by atomic mass is 10.1. The summed E-state index contributed by atoms with van der Waals surface area (Å²) in [6, 6.07) is 6.10. The number of thioether (sulfide) groups is 1. The number of hydrogen-bond donors (Lipinski definition) is 0. The zero-order valence-electron chi connectivity index (χ0n) is 13.7. The third kappa shape index (κ3) is 5.20. The highest BCUT2D eigenvalue weighted by atomic mass is 32.2. The van der Waals surface area contributed by atoms with Gasteiger partial charge in [-0.15, -0.1) is 11.8 Å². The molecule has 0 aliphatic heterocycles.